The zero-order chi connectivity index (χ0) is 8.53. The maximum atomic E-state index is 10.4. The molecule has 0 aromatic heterocycles. The molecule has 0 aliphatic rings. The second kappa shape index (κ2) is 11.9. The third-order valence-corrected chi connectivity index (χ3v) is 1.29. The van der Waals surface area contributed by atoms with Gasteiger partial charge in [-0.2, -0.15) is 0 Å². The van der Waals surface area contributed by atoms with Crippen LogP contribution in [0.3, 0.4) is 0 Å². The summed E-state index contributed by atoms with van der Waals surface area (Å²) in [4.78, 5) is 0. The Bertz CT molecular complexity index is 80.7. The van der Waals surface area contributed by atoms with Crippen LogP contribution in [0.5, 0.6) is 0 Å². The summed E-state index contributed by atoms with van der Waals surface area (Å²) in [6.45, 7) is 4.79. The third-order valence-electron chi connectivity index (χ3n) is 1.29. The molecule has 0 spiro atoms. The van der Waals surface area contributed by atoms with Crippen molar-refractivity contribution in [2.24, 2.45) is 0 Å². The Morgan fingerprint density at radius 1 is 1.25 bits per heavy atom. The number of hydrogen-bond acceptors (Lipinski definition) is 3. The van der Waals surface area contributed by atoms with Gasteiger partial charge in [0.25, 0.3) is 0 Å². The van der Waals surface area contributed by atoms with Crippen molar-refractivity contribution in [2.45, 2.75) is 33.0 Å². The Balaban J connectivity index is 0. The van der Waals surface area contributed by atoms with E-state index in [9.17, 15) is 5.11 Å². The zero-order valence-corrected chi connectivity index (χ0v) is 10.3. The van der Waals surface area contributed by atoms with Crippen molar-refractivity contribution in [3.63, 3.8) is 0 Å². The van der Waals surface area contributed by atoms with Gasteiger partial charge in [-0.25, -0.2) is 0 Å². The molecule has 0 saturated carbocycles. The molecule has 1 atom stereocenters. The number of unbranched alkanes of at least 4 members (excludes halogenated alkanes) is 1. The predicted octanol–water partition coefficient (Wildman–Crippen LogP) is -2.47. The normalized spacial score (nSPS) is 12.2. The Labute approximate surface area is 96.7 Å². The molecule has 12 heavy (non-hydrogen) atoms. The first kappa shape index (κ1) is 15.4. The van der Waals surface area contributed by atoms with Crippen LogP contribution in [0, 0.1) is 0 Å². The van der Waals surface area contributed by atoms with Crippen LogP contribution in [-0.4, -0.2) is 26.1 Å². The molecular formula is C8H17NaO3. The summed E-state index contributed by atoms with van der Waals surface area (Å²) in [5.74, 6) is 0. The predicted molar refractivity (Wildman–Crippen MR) is 41.1 cm³/mol. The van der Waals surface area contributed by atoms with Crippen molar-refractivity contribution in [3.05, 3.63) is 0 Å². The fourth-order valence-electron chi connectivity index (χ4n) is 0.689. The van der Waals surface area contributed by atoms with E-state index in [1.807, 2.05) is 6.92 Å². The van der Waals surface area contributed by atoms with E-state index in [0.717, 1.165) is 12.8 Å². The summed E-state index contributed by atoms with van der Waals surface area (Å²) >= 11 is 0. The van der Waals surface area contributed by atoms with Crippen molar-refractivity contribution in [1.29, 1.82) is 0 Å². The van der Waals surface area contributed by atoms with Gasteiger partial charge in [-0.15, -0.1) is 0 Å². The summed E-state index contributed by atoms with van der Waals surface area (Å²) in [5, 5.41) is 10.4. The fraction of sp³-hybridized carbons (Fsp3) is 1.00. The van der Waals surface area contributed by atoms with E-state index in [-0.39, 0.29) is 36.2 Å². The monoisotopic (exact) mass is 184 g/mol. The van der Waals surface area contributed by atoms with Crippen molar-refractivity contribution in [1.82, 2.24) is 0 Å². The molecule has 0 N–H and O–H groups in total. The minimum atomic E-state index is -0.536. The molecule has 0 heterocycles. The summed E-state index contributed by atoms with van der Waals surface area (Å²) in [5.41, 5.74) is 0. The molecule has 0 aliphatic carbocycles. The largest absolute Gasteiger partial charge is 1.00 e. The van der Waals surface area contributed by atoms with Gasteiger partial charge in [0.1, 0.15) is 6.29 Å². The Morgan fingerprint density at radius 3 is 2.33 bits per heavy atom. The van der Waals surface area contributed by atoms with Crippen molar-refractivity contribution in [2.75, 3.05) is 19.8 Å². The van der Waals surface area contributed by atoms with Crippen LogP contribution in [0.2, 0.25) is 0 Å². The Morgan fingerprint density at radius 2 is 1.92 bits per heavy atom. The summed E-state index contributed by atoms with van der Waals surface area (Å²) in [7, 11) is 0. The average Bonchev–Trinajstić information content (AvgIpc) is 2.03. The minimum absolute atomic E-state index is 0. The molecule has 0 rings (SSSR count). The maximum absolute atomic E-state index is 10.4. The van der Waals surface area contributed by atoms with Crippen molar-refractivity contribution >= 4 is 0 Å². The van der Waals surface area contributed by atoms with E-state index in [0.29, 0.717) is 13.2 Å². The second-order valence-electron chi connectivity index (χ2n) is 2.28. The van der Waals surface area contributed by atoms with Gasteiger partial charge in [-0.05, 0) is 13.3 Å². The molecule has 4 heteroatoms. The van der Waals surface area contributed by atoms with Crippen molar-refractivity contribution in [3.8, 4) is 0 Å². The zero-order valence-electron chi connectivity index (χ0n) is 8.34. The van der Waals surface area contributed by atoms with Gasteiger partial charge in [0.05, 0.1) is 0 Å². The topological polar surface area (TPSA) is 41.5 Å². The van der Waals surface area contributed by atoms with Crippen LogP contribution < -0.4 is 34.7 Å². The van der Waals surface area contributed by atoms with Crippen LogP contribution in [-0.2, 0) is 9.47 Å². The molecule has 68 valence electrons. The first-order chi connectivity index (χ1) is 5.35. The van der Waals surface area contributed by atoms with Gasteiger partial charge in [-0.3, -0.25) is 0 Å². The number of hydrogen-bond donors (Lipinski definition) is 0. The number of rotatable bonds is 7. The molecule has 0 amide bonds. The first-order valence-corrected chi connectivity index (χ1v) is 4.16. The molecule has 0 bridgehead atoms. The SMILES string of the molecule is CCCCOC(C[O-])OCC.[Na+]. The summed E-state index contributed by atoms with van der Waals surface area (Å²) in [6, 6.07) is 0. The van der Waals surface area contributed by atoms with E-state index in [1.165, 1.54) is 0 Å². The van der Waals surface area contributed by atoms with Gasteiger partial charge in [0.15, 0.2) is 0 Å². The van der Waals surface area contributed by atoms with Crippen LogP contribution >= 0.6 is 0 Å². The Kier molecular flexibility index (Phi) is 15.2. The van der Waals surface area contributed by atoms with Gasteiger partial charge in [-0.1, -0.05) is 20.0 Å². The molecule has 3 nitrogen and oxygen atoms in total. The van der Waals surface area contributed by atoms with E-state index < -0.39 is 6.29 Å². The molecule has 0 radical (unpaired) electrons. The van der Waals surface area contributed by atoms with E-state index in [2.05, 4.69) is 6.92 Å². The second-order valence-corrected chi connectivity index (χ2v) is 2.28. The number of ether oxygens (including phenoxy) is 2. The van der Waals surface area contributed by atoms with Crippen LogP contribution in [0.15, 0.2) is 0 Å². The minimum Gasteiger partial charge on any atom is -0.851 e. The van der Waals surface area contributed by atoms with E-state index in [4.69, 9.17) is 9.47 Å². The smallest absolute Gasteiger partial charge is 0.851 e. The molecule has 1 unspecified atom stereocenters. The van der Waals surface area contributed by atoms with Crippen LogP contribution in [0.1, 0.15) is 26.7 Å². The van der Waals surface area contributed by atoms with E-state index in [1.54, 1.807) is 0 Å². The fourth-order valence-corrected chi connectivity index (χ4v) is 0.689. The molecular weight excluding hydrogens is 167 g/mol. The quantitative estimate of drug-likeness (QED) is 0.250. The Hall–Kier alpha value is 0.880. The molecule has 0 fully saturated rings. The maximum Gasteiger partial charge on any atom is 1.00 e. The summed E-state index contributed by atoms with van der Waals surface area (Å²) < 4.78 is 10.1. The average molecular weight is 184 g/mol. The molecule has 0 aromatic carbocycles. The van der Waals surface area contributed by atoms with Gasteiger partial charge >= 0.3 is 29.6 Å². The first-order valence-electron chi connectivity index (χ1n) is 4.16. The molecule has 0 aromatic rings. The van der Waals surface area contributed by atoms with Gasteiger partial charge in [0.2, 0.25) is 0 Å². The van der Waals surface area contributed by atoms with Crippen LogP contribution in [0.25, 0.3) is 0 Å². The standard InChI is InChI=1S/C8H17O3.Na/c1-3-5-6-11-8(7-9)10-4-2;/h8H,3-7H2,1-2H3;/q-1;+1. The molecule has 0 aliphatic heterocycles. The van der Waals surface area contributed by atoms with Gasteiger partial charge in [0, 0.05) is 13.2 Å². The van der Waals surface area contributed by atoms with E-state index >= 15 is 0 Å². The summed E-state index contributed by atoms with van der Waals surface area (Å²) in [6.07, 6.45) is 1.54. The van der Waals surface area contributed by atoms with Gasteiger partial charge < -0.3 is 14.6 Å². The van der Waals surface area contributed by atoms with Crippen LogP contribution in [0.4, 0.5) is 0 Å². The van der Waals surface area contributed by atoms with Crippen molar-refractivity contribution < 1.29 is 44.1 Å². The molecule has 0 saturated heterocycles. The third kappa shape index (κ3) is 8.97.